The molecule has 0 aliphatic rings. The van der Waals surface area contributed by atoms with Crippen molar-refractivity contribution < 1.29 is 19.4 Å². The van der Waals surface area contributed by atoms with Crippen LogP contribution in [-0.2, 0) is 23.2 Å². The van der Waals surface area contributed by atoms with E-state index < -0.39 is 29.7 Å². The monoisotopic (exact) mass is 347 g/mol. The Morgan fingerprint density at radius 2 is 1.96 bits per heavy atom. The summed E-state index contributed by atoms with van der Waals surface area (Å²) in [6, 6.07) is 5.91. The molecule has 0 aliphatic heterocycles. The lowest BCUT2D eigenvalue weighted by atomic mass is 10.2. The van der Waals surface area contributed by atoms with Gasteiger partial charge >= 0.3 is 11.7 Å². The van der Waals surface area contributed by atoms with Crippen LogP contribution in [0.25, 0.3) is 0 Å². The van der Waals surface area contributed by atoms with E-state index in [-0.39, 0.29) is 6.54 Å². The summed E-state index contributed by atoms with van der Waals surface area (Å²) >= 11 is 0. The molecule has 1 aromatic carbocycles. The maximum atomic E-state index is 12.1. The van der Waals surface area contributed by atoms with Gasteiger partial charge in [0.1, 0.15) is 12.3 Å². The van der Waals surface area contributed by atoms with E-state index in [0.29, 0.717) is 17.0 Å². The zero-order valence-electron chi connectivity index (χ0n) is 13.7. The zero-order valence-corrected chi connectivity index (χ0v) is 13.7. The lowest BCUT2D eigenvalue weighted by Gasteiger charge is -2.11. The lowest BCUT2D eigenvalue weighted by molar-refractivity contribution is -0.139. The van der Waals surface area contributed by atoms with Gasteiger partial charge in [-0.1, -0.05) is 0 Å². The quantitative estimate of drug-likeness (QED) is 0.756. The lowest BCUT2D eigenvalue weighted by Crippen LogP contribution is -2.39. The zero-order chi connectivity index (χ0) is 18.6. The Bertz CT molecular complexity index is 928. The van der Waals surface area contributed by atoms with Crippen molar-refractivity contribution in [1.82, 2.24) is 9.13 Å². The van der Waals surface area contributed by atoms with Gasteiger partial charge in [-0.2, -0.15) is 0 Å². The number of benzene rings is 1. The number of aromatic nitrogens is 2. The number of anilines is 1. The number of hydrogen-bond donors (Lipinski definition) is 2. The fraction of sp³-hybridized carbons (Fsp3) is 0.250. The molecule has 0 aliphatic carbocycles. The number of ether oxygens (including phenoxy) is 1. The Morgan fingerprint density at radius 3 is 2.60 bits per heavy atom. The molecule has 0 radical (unpaired) electrons. The molecule has 0 atom stereocenters. The normalized spacial score (nSPS) is 10.3. The second kappa shape index (κ2) is 7.47. The standard InChI is InChI=1S/C16H17N3O6/c1-10-7-11(25-9-15(22)23)3-4-12(10)17-13(20)8-19-6-5-14(21)18(2)16(19)24/h3-7H,8-9H2,1-2H3,(H,17,20)(H,22,23). The Kier molecular flexibility index (Phi) is 5.38. The van der Waals surface area contributed by atoms with Gasteiger partial charge in [-0.05, 0) is 30.7 Å². The maximum absolute atomic E-state index is 12.1. The van der Waals surface area contributed by atoms with Crippen LogP contribution in [0.5, 0.6) is 5.75 Å². The first-order valence-corrected chi connectivity index (χ1v) is 7.29. The van der Waals surface area contributed by atoms with Crippen LogP contribution in [0.4, 0.5) is 5.69 Å². The molecule has 2 rings (SSSR count). The maximum Gasteiger partial charge on any atom is 0.341 e. The van der Waals surface area contributed by atoms with Crippen LogP contribution in [-0.4, -0.2) is 32.7 Å². The summed E-state index contributed by atoms with van der Waals surface area (Å²) < 4.78 is 7.09. The molecule has 2 aromatic rings. The van der Waals surface area contributed by atoms with Crippen LogP contribution < -0.4 is 21.3 Å². The predicted molar refractivity (Wildman–Crippen MR) is 88.9 cm³/mol. The number of aliphatic carboxylic acids is 1. The van der Waals surface area contributed by atoms with E-state index in [1.807, 2.05) is 0 Å². The summed E-state index contributed by atoms with van der Waals surface area (Å²) in [5, 5.41) is 11.2. The van der Waals surface area contributed by atoms with Crippen LogP contribution >= 0.6 is 0 Å². The second-order valence-electron chi connectivity index (χ2n) is 5.33. The minimum atomic E-state index is -1.09. The fourth-order valence-corrected chi connectivity index (χ4v) is 2.09. The first kappa shape index (κ1) is 18.0. The van der Waals surface area contributed by atoms with Gasteiger partial charge < -0.3 is 15.2 Å². The molecular weight excluding hydrogens is 330 g/mol. The highest BCUT2D eigenvalue weighted by atomic mass is 16.5. The van der Waals surface area contributed by atoms with E-state index in [0.717, 1.165) is 9.13 Å². The molecule has 132 valence electrons. The molecule has 1 aromatic heterocycles. The first-order chi connectivity index (χ1) is 11.8. The summed E-state index contributed by atoms with van der Waals surface area (Å²) in [6.45, 7) is 1.02. The highest BCUT2D eigenvalue weighted by Crippen LogP contribution is 2.21. The molecule has 0 unspecified atom stereocenters. The molecule has 0 saturated heterocycles. The summed E-state index contributed by atoms with van der Waals surface area (Å²) in [6.07, 6.45) is 1.26. The Morgan fingerprint density at radius 1 is 1.24 bits per heavy atom. The molecule has 9 nitrogen and oxygen atoms in total. The topological polar surface area (TPSA) is 120 Å². The molecule has 2 N–H and O–H groups in total. The minimum absolute atomic E-state index is 0.246. The van der Waals surface area contributed by atoms with Crippen molar-refractivity contribution in [2.45, 2.75) is 13.5 Å². The van der Waals surface area contributed by atoms with Crippen LogP contribution in [0.3, 0.4) is 0 Å². The number of carboxylic acids is 1. The van der Waals surface area contributed by atoms with Gasteiger partial charge in [-0.3, -0.25) is 18.7 Å². The Hall–Kier alpha value is -3.36. The average molecular weight is 347 g/mol. The minimum Gasteiger partial charge on any atom is -0.482 e. The van der Waals surface area contributed by atoms with Crippen molar-refractivity contribution in [1.29, 1.82) is 0 Å². The van der Waals surface area contributed by atoms with Gasteiger partial charge in [0.25, 0.3) is 5.56 Å². The Balaban J connectivity index is 2.08. The second-order valence-corrected chi connectivity index (χ2v) is 5.33. The van der Waals surface area contributed by atoms with Gasteiger partial charge in [0.2, 0.25) is 5.91 Å². The molecule has 1 amide bonds. The molecule has 0 fully saturated rings. The summed E-state index contributed by atoms with van der Waals surface area (Å²) in [4.78, 5) is 45.8. The SMILES string of the molecule is Cc1cc(OCC(=O)O)ccc1NC(=O)Cn1ccc(=O)n(C)c1=O. The van der Waals surface area contributed by atoms with Gasteiger partial charge in [-0.25, -0.2) is 9.59 Å². The number of carbonyl (C=O) groups excluding carboxylic acids is 1. The number of hydrogen-bond acceptors (Lipinski definition) is 5. The van der Waals surface area contributed by atoms with E-state index in [1.54, 1.807) is 19.1 Å². The Labute approximate surface area is 142 Å². The van der Waals surface area contributed by atoms with Crippen LogP contribution in [0.2, 0.25) is 0 Å². The average Bonchev–Trinajstić information content (AvgIpc) is 2.55. The smallest absolute Gasteiger partial charge is 0.341 e. The van der Waals surface area contributed by atoms with E-state index in [2.05, 4.69) is 5.32 Å². The molecule has 0 saturated carbocycles. The van der Waals surface area contributed by atoms with E-state index in [9.17, 15) is 19.2 Å². The van der Waals surface area contributed by atoms with Crippen molar-refractivity contribution in [2.24, 2.45) is 7.05 Å². The highest BCUT2D eigenvalue weighted by molar-refractivity contribution is 5.91. The molecular formula is C16H17N3O6. The first-order valence-electron chi connectivity index (χ1n) is 7.29. The van der Waals surface area contributed by atoms with Crippen molar-refractivity contribution in [2.75, 3.05) is 11.9 Å². The molecule has 0 spiro atoms. The van der Waals surface area contributed by atoms with Crippen LogP contribution in [0.15, 0.2) is 40.1 Å². The van der Waals surface area contributed by atoms with Crippen molar-refractivity contribution in [3.63, 3.8) is 0 Å². The summed E-state index contributed by atoms with van der Waals surface area (Å²) in [5.74, 6) is -1.16. The third kappa shape index (κ3) is 4.56. The van der Waals surface area contributed by atoms with Crippen molar-refractivity contribution >= 4 is 17.6 Å². The number of nitrogens with zero attached hydrogens (tertiary/aromatic N) is 2. The number of amides is 1. The van der Waals surface area contributed by atoms with Crippen molar-refractivity contribution in [3.8, 4) is 5.75 Å². The number of rotatable bonds is 6. The van der Waals surface area contributed by atoms with E-state index in [1.165, 1.54) is 25.4 Å². The largest absolute Gasteiger partial charge is 0.482 e. The number of carboxylic acid groups (broad SMARTS) is 1. The van der Waals surface area contributed by atoms with Gasteiger partial charge in [0, 0.05) is 25.0 Å². The summed E-state index contributed by atoms with van der Waals surface area (Å²) in [5.41, 5.74) is 0.140. The van der Waals surface area contributed by atoms with Crippen LogP contribution in [0, 0.1) is 6.92 Å². The third-order valence-corrected chi connectivity index (χ3v) is 3.41. The molecule has 0 bridgehead atoms. The van der Waals surface area contributed by atoms with Gasteiger partial charge in [0.15, 0.2) is 6.61 Å². The number of nitrogens with one attached hydrogen (secondary N) is 1. The van der Waals surface area contributed by atoms with Crippen LogP contribution in [0.1, 0.15) is 5.56 Å². The predicted octanol–water partition coefficient (Wildman–Crippen LogP) is -0.0425. The number of aryl methyl sites for hydroxylation is 1. The van der Waals surface area contributed by atoms with Gasteiger partial charge in [0.05, 0.1) is 0 Å². The summed E-state index contributed by atoms with van der Waals surface area (Å²) in [7, 11) is 1.33. The molecule has 1 heterocycles. The number of carbonyl (C=O) groups is 2. The van der Waals surface area contributed by atoms with E-state index in [4.69, 9.17) is 9.84 Å². The molecule has 9 heteroatoms. The van der Waals surface area contributed by atoms with E-state index >= 15 is 0 Å². The third-order valence-electron chi connectivity index (χ3n) is 3.41. The fourth-order valence-electron chi connectivity index (χ4n) is 2.09. The van der Waals surface area contributed by atoms with Gasteiger partial charge in [-0.15, -0.1) is 0 Å². The van der Waals surface area contributed by atoms with Crippen molar-refractivity contribution in [3.05, 3.63) is 56.9 Å². The highest BCUT2D eigenvalue weighted by Gasteiger charge is 2.09. The molecule has 25 heavy (non-hydrogen) atoms.